The highest BCUT2D eigenvalue weighted by molar-refractivity contribution is 7.86. The first-order valence-electron chi connectivity index (χ1n) is 9.70. The third kappa shape index (κ3) is 3.66. The largest absolute Gasteiger partial charge is 0.296 e. The highest BCUT2D eigenvalue weighted by atomic mass is 32.2. The molecule has 0 heterocycles. The van der Waals surface area contributed by atoms with Gasteiger partial charge in [-0.2, -0.15) is 8.42 Å². The number of fused-ring (bicyclic) bond motifs is 1. The summed E-state index contributed by atoms with van der Waals surface area (Å²) in [4.78, 5) is 0.257. The summed E-state index contributed by atoms with van der Waals surface area (Å²) in [6, 6.07) is 6.88. The monoisotopic (exact) mass is 364 g/mol. The molecule has 0 spiro atoms. The lowest BCUT2D eigenvalue weighted by Gasteiger charge is -2.45. The maximum absolute atomic E-state index is 12.5. The molecule has 4 heteroatoms. The molecule has 2 fully saturated rings. The van der Waals surface area contributed by atoms with Crippen LogP contribution in [0.5, 0.6) is 0 Å². The molecule has 5 atom stereocenters. The lowest BCUT2D eigenvalue weighted by Crippen LogP contribution is -2.39. The molecule has 2 aliphatic rings. The van der Waals surface area contributed by atoms with Gasteiger partial charge in [-0.25, -0.2) is 0 Å². The smallest absolute Gasteiger partial charge is 0.266 e. The quantitative estimate of drug-likeness (QED) is 0.675. The minimum absolute atomic E-state index is 0.257. The van der Waals surface area contributed by atoms with Crippen molar-refractivity contribution in [2.45, 2.75) is 64.7 Å². The number of rotatable bonds is 5. The molecule has 0 unspecified atom stereocenters. The van der Waals surface area contributed by atoms with Gasteiger partial charge in [-0.1, -0.05) is 51.3 Å². The van der Waals surface area contributed by atoms with Gasteiger partial charge in [0.25, 0.3) is 10.1 Å². The molecule has 1 aromatic rings. The standard InChI is InChI=1S/C21H32O3S/c1-15-7-9-18(10-8-15)25(22,23)24-14-17(3)20-12-11-19-16(2)6-5-13-21(19,20)4/h7-10,16-17,19-20H,5-6,11-14H2,1-4H3/t16-,17-,19-,20+,21-/m0/s1. The summed E-state index contributed by atoms with van der Waals surface area (Å²) in [5, 5.41) is 0. The molecule has 2 aliphatic carbocycles. The van der Waals surface area contributed by atoms with Crippen LogP contribution in [0.15, 0.2) is 29.2 Å². The van der Waals surface area contributed by atoms with Crippen molar-refractivity contribution in [3.63, 3.8) is 0 Å². The molecule has 0 radical (unpaired) electrons. The number of benzene rings is 1. The van der Waals surface area contributed by atoms with E-state index in [2.05, 4.69) is 20.8 Å². The van der Waals surface area contributed by atoms with Gasteiger partial charge in [-0.3, -0.25) is 4.18 Å². The Bertz CT molecular complexity index is 694. The Balaban J connectivity index is 1.66. The van der Waals surface area contributed by atoms with Crippen LogP contribution in [-0.4, -0.2) is 15.0 Å². The van der Waals surface area contributed by atoms with Gasteiger partial charge in [0.05, 0.1) is 11.5 Å². The zero-order valence-electron chi connectivity index (χ0n) is 16.0. The normalized spacial score (nSPS) is 33.8. The minimum Gasteiger partial charge on any atom is -0.266 e. The average Bonchev–Trinajstić information content (AvgIpc) is 2.92. The van der Waals surface area contributed by atoms with Gasteiger partial charge in [0.1, 0.15) is 0 Å². The van der Waals surface area contributed by atoms with Crippen molar-refractivity contribution in [2.75, 3.05) is 6.61 Å². The maximum atomic E-state index is 12.5. The SMILES string of the molecule is Cc1ccc(S(=O)(=O)OC[C@H](C)[C@H]2CC[C@H]3[C@@H](C)CCC[C@]23C)cc1. The first-order chi connectivity index (χ1) is 11.7. The topological polar surface area (TPSA) is 43.4 Å². The van der Waals surface area contributed by atoms with Crippen LogP contribution in [-0.2, 0) is 14.3 Å². The molecule has 0 aliphatic heterocycles. The van der Waals surface area contributed by atoms with Crippen LogP contribution in [0.3, 0.4) is 0 Å². The van der Waals surface area contributed by atoms with Crippen LogP contribution in [0.4, 0.5) is 0 Å². The van der Waals surface area contributed by atoms with E-state index in [-0.39, 0.29) is 17.4 Å². The van der Waals surface area contributed by atoms with Crippen molar-refractivity contribution in [1.82, 2.24) is 0 Å². The van der Waals surface area contributed by atoms with E-state index in [0.29, 0.717) is 11.3 Å². The summed E-state index contributed by atoms with van der Waals surface area (Å²) in [5.41, 5.74) is 1.40. The molecule has 2 saturated carbocycles. The molecule has 0 saturated heterocycles. The summed E-state index contributed by atoms with van der Waals surface area (Å²) in [6.07, 6.45) is 6.43. The third-order valence-electron chi connectivity index (χ3n) is 7.03. The van der Waals surface area contributed by atoms with Gasteiger partial charge in [-0.15, -0.1) is 0 Å². The van der Waals surface area contributed by atoms with Gasteiger partial charge in [0.2, 0.25) is 0 Å². The molecule has 140 valence electrons. The molecular weight excluding hydrogens is 332 g/mol. The van der Waals surface area contributed by atoms with Crippen LogP contribution < -0.4 is 0 Å². The fourth-order valence-corrected chi connectivity index (χ4v) is 6.62. The van der Waals surface area contributed by atoms with E-state index < -0.39 is 10.1 Å². The van der Waals surface area contributed by atoms with E-state index in [0.717, 1.165) is 17.4 Å². The third-order valence-corrected chi connectivity index (χ3v) is 8.32. The van der Waals surface area contributed by atoms with Crippen molar-refractivity contribution in [1.29, 1.82) is 0 Å². The van der Waals surface area contributed by atoms with Crippen molar-refractivity contribution in [2.24, 2.45) is 29.1 Å². The summed E-state index contributed by atoms with van der Waals surface area (Å²) < 4.78 is 30.4. The number of hydrogen-bond donors (Lipinski definition) is 0. The molecule has 3 nitrogen and oxygen atoms in total. The van der Waals surface area contributed by atoms with Crippen molar-refractivity contribution < 1.29 is 12.6 Å². The Hall–Kier alpha value is -0.870. The lowest BCUT2D eigenvalue weighted by molar-refractivity contribution is 0.0265. The predicted octanol–water partition coefficient (Wildman–Crippen LogP) is 5.19. The first kappa shape index (κ1) is 18.9. The minimum atomic E-state index is -3.66. The van der Waals surface area contributed by atoms with Gasteiger partial charge in [0.15, 0.2) is 0 Å². The van der Waals surface area contributed by atoms with Crippen LogP contribution in [0.1, 0.15) is 58.4 Å². The summed E-state index contributed by atoms with van der Waals surface area (Å²) >= 11 is 0. The van der Waals surface area contributed by atoms with Crippen molar-refractivity contribution in [3.05, 3.63) is 29.8 Å². The van der Waals surface area contributed by atoms with Gasteiger partial charge >= 0.3 is 0 Å². The van der Waals surface area contributed by atoms with Crippen LogP contribution in [0.2, 0.25) is 0 Å². The van der Waals surface area contributed by atoms with E-state index in [1.807, 2.05) is 19.1 Å². The van der Waals surface area contributed by atoms with Crippen molar-refractivity contribution in [3.8, 4) is 0 Å². The molecule has 0 amide bonds. The van der Waals surface area contributed by atoms with Gasteiger partial charge in [0, 0.05) is 0 Å². The van der Waals surface area contributed by atoms with Crippen LogP contribution in [0, 0.1) is 36.0 Å². The fraction of sp³-hybridized carbons (Fsp3) is 0.714. The van der Waals surface area contributed by atoms with E-state index in [4.69, 9.17) is 4.18 Å². The lowest BCUT2D eigenvalue weighted by atomic mass is 9.60. The van der Waals surface area contributed by atoms with E-state index in [9.17, 15) is 8.42 Å². The fourth-order valence-electron chi connectivity index (χ4n) is 5.63. The number of hydrogen-bond acceptors (Lipinski definition) is 3. The van der Waals surface area contributed by atoms with Crippen LogP contribution in [0.25, 0.3) is 0 Å². The second-order valence-electron chi connectivity index (χ2n) is 8.69. The predicted molar refractivity (Wildman–Crippen MR) is 101 cm³/mol. The second kappa shape index (κ2) is 7.03. The molecule has 3 rings (SSSR count). The Morgan fingerprint density at radius 2 is 1.88 bits per heavy atom. The first-order valence-corrected chi connectivity index (χ1v) is 11.1. The highest BCUT2D eigenvalue weighted by Gasteiger charge is 2.51. The Kier molecular flexibility index (Phi) is 5.32. The summed E-state index contributed by atoms with van der Waals surface area (Å²) in [5.74, 6) is 2.42. The van der Waals surface area contributed by atoms with Gasteiger partial charge in [-0.05, 0) is 67.4 Å². The molecule has 0 aromatic heterocycles. The van der Waals surface area contributed by atoms with Crippen LogP contribution >= 0.6 is 0 Å². The number of aryl methyl sites for hydroxylation is 1. The zero-order chi connectivity index (χ0) is 18.2. The van der Waals surface area contributed by atoms with E-state index >= 15 is 0 Å². The maximum Gasteiger partial charge on any atom is 0.296 e. The molecule has 0 N–H and O–H groups in total. The van der Waals surface area contributed by atoms with Crippen molar-refractivity contribution >= 4 is 10.1 Å². The Labute approximate surface area is 153 Å². The van der Waals surface area contributed by atoms with Gasteiger partial charge < -0.3 is 0 Å². The highest BCUT2D eigenvalue weighted by Crippen LogP contribution is 2.59. The second-order valence-corrected chi connectivity index (χ2v) is 10.3. The van der Waals surface area contributed by atoms with E-state index in [1.165, 1.54) is 32.1 Å². The zero-order valence-corrected chi connectivity index (χ0v) is 16.8. The van der Waals surface area contributed by atoms with E-state index in [1.54, 1.807) is 12.1 Å². The Morgan fingerprint density at radius 3 is 2.56 bits per heavy atom. The Morgan fingerprint density at radius 1 is 1.20 bits per heavy atom. The average molecular weight is 365 g/mol. The molecule has 1 aromatic carbocycles. The summed E-state index contributed by atoms with van der Waals surface area (Å²) in [7, 11) is -3.66. The molecule has 25 heavy (non-hydrogen) atoms. The molecular formula is C21H32O3S. The molecule has 0 bridgehead atoms. The summed E-state index contributed by atoms with van der Waals surface area (Å²) in [6.45, 7) is 9.24.